The zero-order valence-corrected chi connectivity index (χ0v) is 6.41. The fraction of sp³-hybridized carbons (Fsp3) is 1.00. The fourth-order valence-electron chi connectivity index (χ4n) is 1.12. The Labute approximate surface area is 60.5 Å². The summed E-state index contributed by atoms with van der Waals surface area (Å²) in [5.41, 5.74) is 2.73. The van der Waals surface area contributed by atoms with Gasteiger partial charge in [0.15, 0.2) is 0 Å². The second kappa shape index (κ2) is 4.14. The molecule has 0 amide bonds. The molecule has 1 aliphatic rings. The number of nitrogens with two attached hydrogens (primary N) is 1. The van der Waals surface area contributed by atoms with Gasteiger partial charge >= 0.3 is 0 Å². The second-order valence-electron chi connectivity index (χ2n) is 2.46. The molecule has 0 atom stereocenters. The number of nitrogens with one attached hydrogen (secondary N) is 1. The summed E-state index contributed by atoms with van der Waals surface area (Å²) in [7, 11) is 0. The van der Waals surface area contributed by atoms with Crippen molar-refractivity contribution in [3.8, 4) is 0 Å². The Morgan fingerprint density at radius 3 is 2.67 bits per heavy atom. The van der Waals surface area contributed by atoms with Gasteiger partial charge in [-0.2, -0.15) is 11.8 Å². The zero-order valence-electron chi connectivity index (χ0n) is 5.60. The van der Waals surface area contributed by atoms with E-state index in [0.29, 0.717) is 0 Å². The molecule has 0 unspecified atom stereocenters. The van der Waals surface area contributed by atoms with Crippen molar-refractivity contribution in [1.82, 2.24) is 5.43 Å². The van der Waals surface area contributed by atoms with Crippen molar-refractivity contribution in [2.24, 2.45) is 11.8 Å². The molecule has 0 saturated carbocycles. The van der Waals surface area contributed by atoms with E-state index >= 15 is 0 Å². The summed E-state index contributed by atoms with van der Waals surface area (Å²) in [4.78, 5) is 0. The lowest BCUT2D eigenvalue weighted by atomic mass is 10.0. The van der Waals surface area contributed by atoms with Crippen molar-refractivity contribution in [2.75, 3.05) is 18.1 Å². The number of rotatable bonds is 2. The topological polar surface area (TPSA) is 38.0 Å². The number of hydrazine groups is 1. The predicted molar refractivity (Wildman–Crippen MR) is 42.2 cm³/mol. The van der Waals surface area contributed by atoms with E-state index in [4.69, 9.17) is 5.84 Å². The van der Waals surface area contributed by atoms with Crippen LogP contribution in [0.1, 0.15) is 12.8 Å². The van der Waals surface area contributed by atoms with Crippen LogP contribution in [0.15, 0.2) is 0 Å². The molecule has 9 heavy (non-hydrogen) atoms. The minimum Gasteiger partial charge on any atom is -0.271 e. The third-order valence-corrected chi connectivity index (χ3v) is 2.80. The van der Waals surface area contributed by atoms with Gasteiger partial charge in [-0.15, -0.1) is 0 Å². The Morgan fingerprint density at radius 2 is 2.11 bits per heavy atom. The summed E-state index contributed by atoms with van der Waals surface area (Å²) < 4.78 is 0. The van der Waals surface area contributed by atoms with Crippen molar-refractivity contribution >= 4 is 11.8 Å². The van der Waals surface area contributed by atoms with Crippen LogP contribution in [0.3, 0.4) is 0 Å². The molecule has 0 radical (unpaired) electrons. The van der Waals surface area contributed by atoms with E-state index in [-0.39, 0.29) is 0 Å². The average molecular weight is 146 g/mol. The van der Waals surface area contributed by atoms with Crippen LogP contribution in [0.25, 0.3) is 0 Å². The van der Waals surface area contributed by atoms with E-state index in [1.165, 1.54) is 24.3 Å². The van der Waals surface area contributed by atoms with Gasteiger partial charge in [0, 0.05) is 6.54 Å². The highest BCUT2D eigenvalue weighted by molar-refractivity contribution is 7.99. The minimum absolute atomic E-state index is 0.844. The molecule has 1 fully saturated rings. The minimum atomic E-state index is 0.844. The number of thioether (sulfide) groups is 1. The molecule has 1 aliphatic heterocycles. The monoisotopic (exact) mass is 146 g/mol. The molecule has 1 rings (SSSR count). The lowest BCUT2D eigenvalue weighted by Gasteiger charge is -2.20. The van der Waals surface area contributed by atoms with Crippen LogP contribution >= 0.6 is 11.8 Å². The van der Waals surface area contributed by atoms with Gasteiger partial charge in [0.05, 0.1) is 0 Å². The molecule has 0 aliphatic carbocycles. The van der Waals surface area contributed by atoms with Crippen molar-refractivity contribution in [3.05, 3.63) is 0 Å². The smallest absolute Gasteiger partial charge is 0.0126 e. The molecule has 0 spiro atoms. The summed E-state index contributed by atoms with van der Waals surface area (Å²) >= 11 is 2.06. The van der Waals surface area contributed by atoms with Gasteiger partial charge in [0.25, 0.3) is 0 Å². The van der Waals surface area contributed by atoms with Crippen LogP contribution in [0.2, 0.25) is 0 Å². The summed E-state index contributed by atoms with van der Waals surface area (Å²) in [6, 6.07) is 0. The van der Waals surface area contributed by atoms with Crippen LogP contribution in [0.4, 0.5) is 0 Å². The predicted octanol–water partition coefficient (Wildman–Crippen LogP) is 0.593. The van der Waals surface area contributed by atoms with Gasteiger partial charge in [-0.05, 0) is 30.3 Å². The van der Waals surface area contributed by atoms with E-state index in [0.717, 1.165) is 12.5 Å². The van der Waals surface area contributed by atoms with Gasteiger partial charge in [0.2, 0.25) is 0 Å². The molecule has 1 saturated heterocycles. The summed E-state index contributed by atoms with van der Waals surface area (Å²) in [6.45, 7) is 1.00. The molecule has 2 nitrogen and oxygen atoms in total. The van der Waals surface area contributed by atoms with Crippen LogP contribution in [-0.2, 0) is 0 Å². The first-order chi connectivity index (χ1) is 4.43. The molecule has 0 aromatic carbocycles. The van der Waals surface area contributed by atoms with Crippen molar-refractivity contribution < 1.29 is 0 Å². The molecular weight excluding hydrogens is 132 g/mol. The fourth-order valence-corrected chi connectivity index (χ4v) is 2.32. The largest absolute Gasteiger partial charge is 0.271 e. The Kier molecular flexibility index (Phi) is 3.40. The second-order valence-corrected chi connectivity index (χ2v) is 3.69. The Bertz CT molecular complexity index is 68.7. The maximum atomic E-state index is 5.20. The van der Waals surface area contributed by atoms with Crippen LogP contribution < -0.4 is 11.3 Å². The van der Waals surface area contributed by atoms with Crippen molar-refractivity contribution in [3.63, 3.8) is 0 Å². The first-order valence-corrected chi connectivity index (χ1v) is 4.60. The Morgan fingerprint density at radius 1 is 1.44 bits per heavy atom. The van der Waals surface area contributed by atoms with E-state index in [2.05, 4.69) is 17.2 Å². The van der Waals surface area contributed by atoms with Crippen molar-refractivity contribution in [1.29, 1.82) is 0 Å². The summed E-state index contributed by atoms with van der Waals surface area (Å²) in [5.74, 6) is 8.70. The lowest BCUT2D eigenvalue weighted by molar-refractivity contribution is 0.454. The number of hydrogen-bond donors (Lipinski definition) is 2. The number of hydrogen-bond acceptors (Lipinski definition) is 3. The molecule has 0 aromatic heterocycles. The maximum absolute atomic E-state index is 5.20. The highest BCUT2D eigenvalue weighted by atomic mass is 32.2. The molecule has 1 heterocycles. The molecule has 0 aromatic rings. The van der Waals surface area contributed by atoms with Gasteiger partial charge in [-0.25, -0.2) is 0 Å². The molecule has 3 N–H and O–H groups in total. The standard InChI is InChI=1S/C6H14N2S/c7-8-5-6-1-3-9-4-2-6/h6,8H,1-5,7H2. The van der Waals surface area contributed by atoms with E-state index < -0.39 is 0 Å². The highest BCUT2D eigenvalue weighted by Crippen LogP contribution is 2.21. The van der Waals surface area contributed by atoms with Gasteiger partial charge < -0.3 is 0 Å². The van der Waals surface area contributed by atoms with Gasteiger partial charge in [-0.3, -0.25) is 11.3 Å². The summed E-state index contributed by atoms with van der Waals surface area (Å²) in [5, 5.41) is 0. The molecule has 0 bridgehead atoms. The van der Waals surface area contributed by atoms with E-state index in [1.807, 2.05) is 0 Å². The Hall–Kier alpha value is 0.270. The van der Waals surface area contributed by atoms with Crippen LogP contribution in [-0.4, -0.2) is 18.1 Å². The van der Waals surface area contributed by atoms with Gasteiger partial charge in [0.1, 0.15) is 0 Å². The SMILES string of the molecule is NNCC1CCSCC1. The van der Waals surface area contributed by atoms with Gasteiger partial charge in [-0.1, -0.05) is 0 Å². The third-order valence-electron chi connectivity index (χ3n) is 1.75. The van der Waals surface area contributed by atoms with Crippen LogP contribution in [0, 0.1) is 5.92 Å². The first kappa shape index (κ1) is 7.38. The molecular formula is C6H14N2S. The quantitative estimate of drug-likeness (QED) is 0.442. The zero-order chi connectivity index (χ0) is 6.53. The van der Waals surface area contributed by atoms with E-state index in [9.17, 15) is 0 Å². The normalized spacial score (nSPS) is 22.3. The lowest BCUT2D eigenvalue weighted by Crippen LogP contribution is -2.30. The summed E-state index contributed by atoms with van der Waals surface area (Å²) in [6.07, 6.45) is 2.68. The average Bonchev–Trinajstić information content (AvgIpc) is 1.91. The highest BCUT2D eigenvalue weighted by Gasteiger charge is 2.11. The van der Waals surface area contributed by atoms with E-state index in [1.54, 1.807) is 0 Å². The maximum Gasteiger partial charge on any atom is 0.0126 e. The Balaban J connectivity index is 2.08. The van der Waals surface area contributed by atoms with Crippen molar-refractivity contribution in [2.45, 2.75) is 12.8 Å². The molecule has 54 valence electrons. The third kappa shape index (κ3) is 2.56. The van der Waals surface area contributed by atoms with Crippen LogP contribution in [0.5, 0.6) is 0 Å². The first-order valence-electron chi connectivity index (χ1n) is 3.44. The molecule has 3 heteroatoms.